The summed E-state index contributed by atoms with van der Waals surface area (Å²) in [7, 11) is 0. The van der Waals surface area contributed by atoms with Gasteiger partial charge in [0, 0.05) is 30.4 Å². The van der Waals surface area contributed by atoms with Crippen molar-refractivity contribution in [1.29, 1.82) is 0 Å². The van der Waals surface area contributed by atoms with Crippen LogP contribution in [0.5, 0.6) is 0 Å². The largest absolute Gasteiger partial charge is 0.447 e. The van der Waals surface area contributed by atoms with Crippen LogP contribution in [0.15, 0.2) is 78.9 Å². The van der Waals surface area contributed by atoms with Gasteiger partial charge < -0.3 is 14.5 Å². The standard InChI is InChI=1S/C26H25N3O3/c1-19-17-29(25(30)21-11-13-22(14-12-21)27-15-16-32-26(27)31)24-10-6-5-9-23(24)28(19)18-20-7-3-2-4-8-20/h2-14,19H,15-18H2,1H3. The van der Waals surface area contributed by atoms with Crippen LogP contribution in [0, 0.1) is 0 Å². The van der Waals surface area contributed by atoms with E-state index in [1.807, 2.05) is 29.2 Å². The zero-order chi connectivity index (χ0) is 22.1. The molecular weight excluding hydrogens is 402 g/mol. The summed E-state index contributed by atoms with van der Waals surface area (Å²) >= 11 is 0. The maximum atomic E-state index is 13.5. The van der Waals surface area contributed by atoms with Crippen molar-refractivity contribution in [2.24, 2.45) is 0 Å². The number of nitrogens with zero attached hydrogens (tertiary/aromatic N) is 3. The quantitative estimate of drug-likeness (QED) is 0.606. The number of para-hydroxylation sites is 2. The number of carbonyl (C=O) groups is 2. The van der Waals surface area contributed by atoms with Gasteiger partial charge in [-0.25, -0.2) is 4.79 Å². The van der Waals surface area contributed by atoms with Gasteiger partial charge in [-0.1, -0.05) is 42.5 Å². The summed E-state index contributed by atoms with van der Waals surface area (Å²) in [6.07, 6.45) is -0.346. The van der Waals surface area contributed by atoms with Gasteiger partial charge in [-0.15, -0.1) is 0 Å². The van der Waals surface area contributed by atoms with Crippen LogP contribution in [0.25, 0.3) is 0 Å². The Hall–Kier alpha value is -3.80. The fourth-order valence-electron chi connectivity index (χ4n) is 4.42. The van der Waals surface area contributed by atoms with E-state index in [0.717, 1.165) is 23.6 Å². The highest BCUT2D eigenvalue weighted by Gasteiger charge is 2.32. The SMILES string of the molecule is CC1CN(C(=O)c2ccc(N3CCOC3=O)cc2)c2ccccc2N1Cc1ccccc1. The molecule has 5 rings (SSSR count). The second kappa shape index (κ2) is 8.38. The minimum absolute atomic E-state index is 0.0424. The molecule has 0 saturated carbocycles. The van der Waals surface area contributed by atoms with E-state index < -0.39 is 0 Å². The molecule has 0 aromatic heterocycles. The Morgan fingerprint density at radius 2 is 1.62 bits per heavy atom. The highest BCUT2D eigenvalue weighted by molar-refractivity contribution is 6.08. The number of carbonyl (C=O) groups excluding carboxylic acids is 2. The predicted molar refractivity (Wildman–Crippen MR) is 125 cm³/mol. The summed E-state index contributed by atoms with van der Waals surface area (Å²) in [6.45, 7) is 4.47. The van der Waals surface area contributed by atoms with Crippen LogP contribution >= 0.6 is 0 Å². The fraction of sp³-hybridized carbons (Fsp3) is 0.231. The zero-order valence-electron chi connectivity index (χ0n) is 18.0. The van der Waals surface area contributed by atoms with E-state index in [4.69, 9.17) is 4.74 Å². The Kier molecular flexibility index (Phi) is 5.27. The van der Waals surface area contributed by atoms with Crippen molar-refractivity contribution in [3.05, 3.63) is 90.0 Å². The van der Waals surface area contributed by atoms with Crippen molar-refractivity contribution < 1.29 is 14.3 Å². The molecule has 162 valence electrons. The number of hydrogen-bond donors (Lipinski definition) is 0. The van der Waals surface area contributed by atoms with Crippen molar-refractivity contribution in [2.75, 3.05) is 34.4 Å². The molecule has 0 N–H and O–H groups in total. The first kappa shape index (κ1) is 20.1. The van der Waals surface area contributed by atoms with Crippen molar-refractivity contribution in [3.63, 3.8) is 0 Å². The molecule has 32 heavy (non-hydrogen) atoms. The number of cyclic esters (lactones) is 1. The van der Waals surface area contributed by atoms with Gasteiger partial charge in [-0.2, -0.15) is 0 Å². The maximum absolute atomic E-state index is 13.5. The number of fused-ring (bicyclic) bond motifs is 1. The van der Waals surface area contributed by atoms with Crippen molar-refractivity contribution >= 4 is 29.1 Å². The fourth-order valence-corrected chi connectivity index (χ4v) is 4.42. The smallest absolute Gasteiger partial charge is 0.414 e. The average molecular weight is 428 g/mol. The molecule has 3 aromatic carbocycles. The molecule has 2 aliphatic heterocycles. The van der Waals surface area contributed by atoms with Crippen LogP contribution < -0.4 is 14.7 Å². The topological polar surface area (TPSA) is 53.1 Å². The van der Waals surface area contributed by atoms with Gasteiger partial charge in [0.05, 0.1) is 17.9 Å². The Morgan fingerprint density at radius 3 is 2.31 bits per heavy atom. The summed E-state index contributed by atoms with van der Waals surface area (Å²) in [5.41, 5.74) is 4.55. The molecule has 0 spiro atoms. The van der Waals surface area contributed by atoms with E-state index in [1.54, 1.807) is 29.2 Å². The first-order chi connectivity index (χ1) is 15.6. The zero-order valence-corrected chi connectivity index (χ0v) is 18.0. The van der Waals surface area contributed by atoms with Crippen LogP contribution in [-0.2, 0) is 11.3 Å². The monoisotopic (exact) mass is 427 g/mol. The lowest BCUT2D eigenvalue weighted by molar-refractivity contribution is 0.0984. The lowest BCUT2D eigenvalue weighted by atomic mass is 10.0. The van der Waals surface area contributed by atoms with Gasteiger partial charge in [0.1, 0.15) is 6.61 Å². The molecule has 2 heterocycles. The second-order valence-corrected chi connectivity index (χ2v) is 8.18. The second-order valence-electron chi connectivity index (χ2n) is 8.18. The summed E-state index contributed by atoms with van der Waals surface area (Å²) in [4.78, 5) is 31.1. The van der Waals surface area contributed by atoms with Gasteiger partial charge in [0.2, 0.25) is 0 Å². The van der Waals surface area contributed by atoms with Gasteiger partial charge in [-0.3, -0.25) is 9.69 Å². The molecule has 1 fully saturated rings. The minimum Gasteiger partial charge on any atom is -0.447 e. The number of hydrogen-bond acceptors (Lipinski definition) is 4. The van der Waals surface area contributed by atoms with Crippen LogP contribution in [0.4, 0.5) is 21.9 Å². The number of benzene rings is 3. The van der Waals surface area contributed by atoms with Gasteiger partial charge in [0.25, 0.3) is 5.91 Å². The third kappa shape index (κ3) is 3.68. The molecule has 1 atom stereocenters. The molecule has 6 heteroatoms. The summed E-state index contributed by atoms with van der Waals surface area (Å²) < 4.78 is 5.00. The molecule has 0 aliphatic carbocycles. The van der Waals surface area contributed by atoms with Crippen molar-refractivity contribution in [2.45, 2.75) is 19.5 Å². The van der Waals surface area contributed by atoms with E-state index in [1.165, 1.54) is 5.56 Å². The van der Waals surface area contributed by atoms with Gasteiger partial charge >= 0.3 is 6.09 Å². The number of anilines is 3. The van der Waals surface area contributed by atoms with Crippen LogP contribution in [0.2, 0.25) is 0 Å². The van der Waals surface area contributed by atoms with Crippen molar-refractivity contribution in [3.8, 4) is 0 Å². The first-order valence-electron chi connectivity index (χ1n) is 10.9. The highest BCUT2D eigenvalue weighted by Crippen LogP contribution is 2.37. The number of amides is 2. The molecule has 0 bridgehead atoms. The number of rotatable bonds is 4. The van der Waals surface area contributed by atoms with Crippen molar-refractivity contribution in [1.82, 2.24) is 0 Å². The molecule has 1 unspecified atom stereocenters. The normalized spacial score (nSPS) is 17.8. The van der Waals surface area contributed by atoms with E-state index in [0.29, 0.717) is 25.3 Å². The minimum atomic E-state index is -0.346. The maximum Gasteiger partial charge on any atom is 0.414 e. The highest BCUT2D eigenvalue weighted by atomic mass is 16.6. The molecule has 3 aromatic rings. The van der Waals surface area contributed by atoms with E-state index in [2.05, 4.69) is 42.2 Å². The Labute approximate surface area is 187 Å². The Bertz CT molecular complexity index is 1130. The van der Waals surface area contributed by atoms with E-state index in [9.17, 15) is 9.59 Å². The van der Waals surface area contributed by atoms with Crippen LogP contribution in [-0.4, -0.2) is 37.7 Å². The lowest BCUT2D eigenvalue weighted by Crippen LogP contribution is -2.49. The Balaban J connectivity index is 1.41. The first-order valence-corrected chi connectivity index (χ1v) is 10.9. The molecule has 0 radical (unpaired) electrons. The van der Waals surface area contributed by atoms with Crippen LogP contribution in [0.1, 0.15) is 22.8 Å². The third-order valence-electron chi connectivity index (χ3n) is 6.09. The molecule has 2 aliphatic rings. The Morgan fingerprint density at radius 1 is 0.938 bits per heavy atom. The van der Waals surface area contributed by atoms with E-state index >= 15 is 0 Å². The summed E-state index contributed by atoms with van der Waals surface area (Å²) in [5, 5.41) is 0. The molecule has 2 amide bonds. The van der Waals surface area contributed by atoms with E-state index in [-0.39, 0.29) is 18.0 Å². The molecule has 1 saturated heterocycles. The predicted octanol–water partition coefficient (Wildman–Crippen LogP) is 4.70. The van der Waals surface area contributed by atoms with Gasteiger partial charge in [0.15, 0.2) is 0 Å². The summed E-state index contributed by atoms with van der Waals surface area (Å²) in [5.74, 6) is -0.0424. The average Bonchev–Trinajstić information content (AvgIpc) is 3.27. The lowest BCUT2D eigenvalue weighted by Gasteiger charge is -2.42. The molecular formula is C26H25N3O3. The van der Waals surface area contributed by atoms with Gasteiger partial charge in [-0.05, 0) is 48.9 Å². The van der Waals surface area contributed by atoms with Crippen LogP contribution in [0.3, 0.4) is 0 Å². The third-order valence-corrected chi connectivity index (χ3v) is 6.09. The summed E-state index contributed by atoms with van der Waals surface area (Å²) in [6, 6.07) is 25.8. The number of ether oxygens (including phenoxy) is 1. The molecule has 6 nitrogen and oxygen atoms in total.